The first-order chi connectivity index (χ1) is 14.9. The Morgan fingerprint density at radius 3 is 2.45 bits per heavy atom. The maximum atomic E-state index is 13.3. The van der Waals surface area contributed by atoms with Gasteiger partial charge in [-0.2, -0.15) is 4.39 Å². The van der Waals surface area contributed by atoms with Crippen LogP contribution >= 0.6 is 11.3 Å². The molecule has 2 aliphatic rings. The minimum atomic E-state index is -3.34. The number of halogens is 1. The van der Waals surface area contributed by atoms with Gasteiger partial charge in [0.25, 0.3) is 0 Å². The van der Waals surface area contributed by atoms with Crippen LogP contribution in [0.15, 0.2) is 35.4 Å². The number of carbonyl (C=O) groups excluding carboxylic acids is 1. The van der Waals surface area contributed by atoms with Crippen molar-refractivity contribution in [2.45, 2.75) is 61.0 Å². The van der Waals surface area contributed by atoms with E-state index in [9.17, 15) is 17.6 Å². The van der Waals surface area contributed by atoms with E-state index < -0.39 is 20.9 Å². The van der Waals surface area contributed by atoms with Gasteiger partial charge in [-0.05, 0) is 55.7 Å². The van der Waals surface area contributed by atoms with Gasteiger partial charge in [0.15, 0.2) is 20.1 Å². The highest BCUT2D eigenvalue weighted by molar-refractivity contribution is 7.92. The number of ether oxygens (including phenoxy) is 1. The Balaban J connectivity index is 1.55. The van der Waals surface area contributed by atoms with Crippen molar-refractivity contribution < 1.29 is 22.3 Å². The van der Waals surface area contributed by atoms with E-state index in [1.807, 2.05) is 0 Å². The summed E-state index contributed by atoms with van der Waals surface area (Å²) in [7, 11) is -3.34. The lowest BCUT2D eigenvalue weighted by molar-refractivity contribution is -0.118. The summed E-state index contributed by atoms with van der Waals surface area (Å²) in [6.07, 6.45) is 6.79. The molecule has 0 spiro atoms. The number of benzene rings is 1. The smallest absolute Gasteiger partial charge is 0.233 e. The predicted molar refractivity (Wildman–Crippen MR) is 117 cm³/mol. The van der Waals surface area contributed by atoms with Crippen LogP contribution in [0.2, 0.25) is 0 Å². The van der Waals surface area contributed by atoms with Crippen LogP contribution in [-0.4, -0.2) is 37.8 Å². The van der Waals surface area contributed by atoms with E-state index in [2.05, 4.69) is 10.3 Å². The molecule has 168 valence electrons. The van der Waals surface area contributed by atoms with Gasteiger partial charge in [0.2, 0.25) is 5.91 Å². The number of aromatic nitrogens is 1. The molecular weight excluding hydrogens is 439 g/mol. The summed E-state index contributed by atoms with van der Waals surface area (Å²) in [5.41, 5.74) is 0.756. The number of amides is 1. The molecule has 1 saturated carbocycles. The van der Waals surface area contributed by atoms with Crippen LogP contribution in [0.25, 0.3) is 0 Å². The number of carbonyl (C=O) groups is 1. The molecule has 1 aliphatic carbocycles. The number of anilines is 1. The maximum absolute atomic E-state index is 13.3. The van der Waals surface area contributed by atoms with E-state index in [-0.39, 0.29) is 16.3 Å². The summed E-state index contributed by atoms with van der Waals surface area (Å²) >= 11 is 0.786. The molecule has 9 heteroatoms. The molecule has 1 amide bonds. The Kier molecular flexibility index (Phi) is 7.03. The molecule has 1 aromatic heterocycles. The lowest BCUT2D eigenvalue weighted by atomic mass is 9.84. The molecule has 6 nitrogen and oxygen atoms in total. The first-order valence-corrected chi connectivity index (χ1v) is 13.1. The Bertz CT molecular complexity index is 995. The number of rotatable bonds is 7. The summed E-state index contributed by atoms with van der Waals surface area (Å²) in [5.74, 6) is -0.398. The summed E-state index contributed by atoms with van der Waals surface area (Å²) in [4.78, 5) is 17.3. The fourth-order valence-corrected chi connectivity index (χ4v) is 6.90. The van der Waals surface area contributed by atoms with E-state index in [0.29, 0.717) is 43.3 Å². The Morgan fingerprint density at radius 2 is 1.84 bits per heavy atom. The number of nitrogens with one attached hydrogen (secondary N) is 1. The van der Waals surface area contributed by atoms with Gasteiger partial charge in [-0.25, -0.2) is 13.4 Å². The third-order valence-electron chi connectivity index (χ3n) is 6.29. The standard InChI is InChI=1S/C22H27FN2O4S2/c23-20-14-24-22(30-20)25-21(26)19(13-15-9-11-29-12-10-15)16-5-7-18(8-6-16)31(27,28)17-3-1-2-4-17/h5-8,14-15,17,19H,1-4,9-13H2,(H,24,25,26)/t19-/m1/s1. The molecule has 2 aromatic rings. The molecule has 1 N–H and O–H groups in total. The topological polar surface area (TPSA) is 85.4 Å². The van der Waals surface area contributed by atoms with Crippen LogP contribution in [0.3, 0.4) is 0 Å². The van der Waals surface area contributed by atoms with Crippen LogP contribution in [0.4, 0.5) is 9.52 Å². The summed E-state index contributed by atoms with van der Waals surface area (Å²) < 4.78 is 44.5. The van der Waals surface area contributed by atoms with Crippen molar-refractivity contribution in [1.82, 2.24) is 4.98 Å². The Labute approximate surface area is 186 Å². The van der Waals surface area contributed by atoms with E-state index in [1.165, 1.54) is 0 Å². The van der Waals surface area contributed by atoms with E-state index >= 15 is 0 Å². The molecule has 1 aromatic carbocycles. The molecule has 0 unspecified atom stereocenters. The van der Waals surface area contributed by atoms with Crippen LogP contribution in [0, 0.1) is 11.0 Å². The summed E-state index contributed by atoms with van der Waals surface area (Å²) in [6.45, 7) is 1.35. The fourth-order valence-electron chi connectivity index (χ4n) is 4.50. The normalized spacial score (nSPS) is 19.4. The van der Waals surface area contributed by atoms with Crippen molar-refractivity contribution >= 4 is 32.2 Å². The minimum absolute atomic E-state index is 0.222. The Morgan fingerprint density at radius 1 is 1.16 bits per heavy atom. The van der Waals surface area contributed by atoms with Gasteiger partial charge in [-0.3, -0.25) is 4.79 Å². The largest absolute Gasteiger partial charge is 0.381 e. The molecule has 1 atom stereocenters. The van der Waals surface area contributed by atoms with Crippen LogP contribution in [0.5, 0.6) is 0 Å². The van der Waals surface area contributed by atoms with Crippen LogP contribution in [-0.2, 0) is 19.4 Å². The predicted octanol–water partition coefficient (Wildman–Crippen LogP) is 4.54. The van der Waals surface area contributed by atoms with Gasteiger partial charge in [0, 0.05) is 13.2 Å². The Hall–Kier alpha value is -1.84. The zero-order valence-electron chi connectivity index (χ0n) is 17.3. The second-order valence-electron chi connectivity index (χ2n) is 8.32. The zero-order valence-corrected chi connectivity index (χ0v) is 18.9. The second-order valence-corrected chi connectivity index (χ2v) is 11.5. The number of hydrogen-bond donors (Lipinski definition) is 1. The molecule has 0 bridgehead atoms. The number of thiazole rings is 1. The highest BCUT2D eigenvalue weighted by atomic mass is 32.2. The minimum Gasteiger partial charge on any atom is -0.381 e. The lowest BCUT2D eigenvalue weighted by Crippen LogP contribution is -2.26. The number of hydrogen-bond acceptors (Lipinski definition) is 6. The molecule has 2 fully saturated rings. The molecule has 2 heterocycles. The lowest BCUT2D eigenvalue weighted by Gasteiger charge is -2.26. The monoisotopic (exact) mass is 466 g/mol. The molecular formula is C22H27FN2O4S2. The van der Waals surface area contributed by atoms with Gasteiger partial charge >= 0.3 is 0 Å². The molecule has 1 aliphatic heterocycles. The second kappa shape index (κ2) is 9.75. The van der Waals surface area contributed by atoms with Crippen molar-refractivity contribution in [3.05, 3.63) is 41.2 Å². The maximum Gasteiger partial charge on any atom is 0.233 e. The van der Waals surface area contributed by atoms with E-state index in [4.69, 9.17) is 4.74 Å². The van der Waals surface area contributed by atoms with Crippen molar-refractivity contribution in [3.8, 4) is 0 Å². The van der Waals surface area contributed by atoms with Crippen molar-refractivity contribution in [3.63, 3.8) is 0 Å². The zero-order chi connectivity index (χ0) is 21.8. The summed E-state index contributed by atoms with van der Waals surface area (Å²) in [5, 5.41) is 2.18. The van der Waals surface area contributed by atoms with Gasteiger partial charge in [-0.15, -0.1) is 0 Å². The van der Waals surface area contributed by atoms with E-state index in [0.717, 1.165) is 48.8 Å². The van der Waals surface area contributed by atoms with Gasteiger partial charge in [0.1, 0.15) is 0 Å². The van der Waals surface area contributed by atoms with Crippen molar-refractivity contribution in [2.24, 2.45) is 5.92 Å². The van der Waals surface area contributed by atoms with Crippen LogP contribution < -0.4 is 5.32 Å². The average molecular weight is 467 g/mol. The fraction of sp³-hybridized carbons (Fsp3) is 0.545. The third-order valence-corrected chi connectivity index (χ3v) is 9.27. The SMILES string of the molecule is O=C(Nc1ncc(F)s1)[C@H](CC1CCOCC1)c1ccc(S(=O)(=O)C2CCCC2)cc1. The third kappa shape index (κ3) is 5.32. The van der Waals surface area contributed by atoms with Gasteiger partial charge < -0.3 is 10.1 Å². The molecule has 1 saturated heterocycles. The number of nitrogens with zero attached hydrogens (tertiary/aromatic N) is 1. The van der Waals surface area contributed by atoms with Gasteiger partial charge in [-0.1, -0.05) is 36.3 Å². The molecule has 0 radical (unpaired) electrons. The van der Waals surface area contributed by atoms with Crippen molar-refractivity contribution in [1.29, 1.82) is 0 Å². The first kappa shape index (κ1) is 22.4. The quantitative estimate of drug-likeness (QED) is 0.648. The molecule has 4 rings (SSSR count). The average Bonchev–Trinajstić information content (AvgIpc) is 3.45. The highest BCUT2D eigenvalue weighted by Crippen LogP contribution is 2.33. The van der Waals surface area contributed by atoms with Crippen LogP contribution in [0.1, 0.15) is 56.4 Å². The first-order valence-electron chi connectivity index (χ1n) is 10.8. The van der Waals surface area contributed by atoms with Crippen molar-refractivity contribution in [2.75, 3.05) is 18.5 Å². The molecule has 31 heavy (non-hydrogen) atoms. The highest BCUT2D eigenvalue weighted by Gasteiger charge is 2.31. The number of sulfone groups is 1. The van der Waals surface area contributed by atoms with Gasteiger partial charge in [0.05, 0.1) is 22.3 Å². The van der Waals surface area contributed by atoms with E-state index in [1.54, 1.807) is 24.3 Å². The summed E-state index contributed by atoms with van der Waals surface area (Å²) in [6, 6.07) is 6.73.